The zero-order valence-electron chi connectivity index (χ0n) is 12.3. The van der Waals surface area contributed by atoms with Crippen LogP contribution >= 0.6 is 23.2 Å². The first kappa shape index (κ1) is 15.6. The largest absolute Gasteiger partial charge is 0.310 e. The third kappa shape index (κ3) is 3.38. The van der Waals surface area contributed by atoms with Crippen molar-refractivity contribution in [2.75, 3.05) is 11.9 Å². The predicted molar refractivity (Wildman–Crippen MR) is 93.2 cm³/mol. The van der Waals surface area contributed by atoms with Crippen LogP contribution in [0.1, 0.15) is 10.5 Å². The lowest BCUT2D eigenvalue weighted by Gasteiger charge is -2.16. The molecule has 0 aliphatic carbocycles. The summed E-state index contributed by atoms with van der Waals surface area (Å²) in [6.45, 7) is 0. The van der Waals surface area contributed by atoms with Crippen molar-refractivity contribution >= 4 is 34.8 Å². The number of carbonyl (C=O) groups excluding carboxylic acids is 1. The molecule has 0 atom stereocenters. The quantitative estimate of drug-likeness (QED) is 0.750. The summed E-state index contributed by atoms with van der Waals surface area (Å²) < 4.78 is 0. The van der Waals surface area contributed by atoms with Gasteiger partial charge in [-0.05, 0) is 36.4 Å². The molecule has 0 aliphatic rings. The summed E-state index contributed by atoms with van der Waals surface area (Å²) in [6, 6.07) is 16.1. The first-order chi connectivity index (χ1) is 11.0. The summed E-state index contributed by atoms with van der Waals surface area (Å²) in [4.78, 5) is 14.1. The van der Waals surface area contributed by atoms with E-state index in [1.165, 1.54) is 4.90 Å². The Kier molecular flexibility index (Phi) is 4.37. The smallest absolute Gasteiger partial charge is 0.276 e. The minimum absolute atomic E-state index is 0.194. The van der Waals surface area contributed by atoms with Gasteiger partial charge in [0.05, 0.1) is 5.69 Å². The molecule has 0 radical (unpaired) electrons. The van der Waals surface area contributed by atoms with Gasteiger partial charge in [0.25, 0.3) is 5.91 Å². The maximum atomic E-state index is 12.5. The second kappa shape index (κ2) is 6.44. The van der Waals surface area contributed by atoms with Crippen LogP contribution in [0.2, 0.25) is 10.0 Å². The van der Waals surface area contributed by atoms with Crippen LogP contribution in [0.25, 0.3) is 11.3 Å². The third-order valence-corrected chi connectivity index (χ3v) is 3.94. The lowest BCUT2D eigenvalue weighted by molar-refractivity contribution is 0.0988. The molecule has 4 nitrogen and oxygen atoms in total. The summed E-state index contributed by atoms with van der Waals surface area (Å²) in [7, 11) is 1.69. The van der Waals surface area contributed by atoms with Crippen LogP contribution in [0.5, 0.6) is 0 Å². The molecule has 0 aliphatic heterocycles. The van der Waals surface area contributed by atoms with E-state index in [4.69, 9.17) is 23.2 Å². The molecule has 23 heavy (non-hydrogen) atoms. The average Bonchev–Trinajstić information content (AvgIpc) is 3.04. The van der Waals surface area contributed by atoms with E-state index in [1.54, 1.807) is 43.4 Å². The topological polar surface area (TPSA) is 49.0 Å². The molecule has 0 spiro atoms. The number of benzene rings is 2. The number of hydrogen-bond acceptors (Lipinski definition) is 2. The summed E-state index contributed by atoms with van der Waals surface area (Å²) in [5.74, 6) is -0.194. The molecular weight excluding hydrogens is 333 g/mol. The van der Waals surface area contributed by atoms with E-state index < -0.39 is 0 Å². The highest BCUT2D eigenvalue weighted by Gasteiger charge is 2.17. The van der Waals surface area contributed by atoms with Gasteiger partial charge in [0.15, 0.2) is 0 Å². The Hall–Kier alpha value is -2.30. The van der Waals surface area contributed by atoms with Crippen molar-refractivity contribution in [3.05, 3.63) is 70.3 Å². The summed E-state index contributed by atoms with van der Waals surface area (Å²) >= 11 is 11.8. The van der Waals surface area contributed by atoms with E-state index in [0.29, 0.717) is 27.1 Å². The van der Waals surface area contributed by atoms with E-state index >= 15 is 0 Å². The zero-order chi connectivity index (χ0) is 16.4. The molecule has 6 heteroatoms. The number of anilines is 1. The molecule has 3 rings (SSSR count). The highest BCUT2D eigenvalue weighted by molar-refractivity contribution is 6.31. The normalized spacial score (nSPS) is 10.6. The van der Waals surface area contributed by atoms with Gasteiger partial charge in [-0.3, -0.25) is 9.89 Å². The molecule has 0 saturated heterocycles. The van der Waals surface area contributed by atoms with Crippen molar-refractivity contribution in [1.82, 2.24) is 10.2 Å². The van der Waals surface area contributed by atoms with Gasteiger partial charge in [0.2, 0.25) is 0 Å². The fourth-order valence-electron chi connectivity index (χ4n) is 2.18. The molecule has 3 aromatic rings. The number of H-pyrrole nitrogens is 1. The van der Waals surface area contributed by atoms with Gasteiger partial charge in [-0.1, -0.05) is 41.4 Å². The van der Waals surface area contributed by atoms with E-state index in [0.717, 1.165) is 5.56 Å². The number of carbonyl (C=O) groups is 1. The Bertz CT molecular complexity index is 843. The average molecular weight is 346 g/mol. The Morgan fingerprint density at radius 3 is 2.48 bits per heavy atom. The summed E-state index contributed by atoms with van der Waals surface area (Å²) in [6.07, 6.45) is 0. The Morgan fingerprint density at radius 2 is 1.78 bits per heavy atom. The van der Waals surface area contributed by atoms with Crippen LogP contribution in [-0.4, -0.2) is 23.2 Å². The number of aromatic amines is 1. The third-order valence-electron chi connectivity index (χ3n) is 3.45. The van der Waals surface area contributed by atoms with Crippen LogP contribution in [0, 0.1) is 0 Å². The minimum atomic E-state index is -0.194. The molecule has 1 N–H and O–H groups in total. The summed E-state index contributed by atoms with van der Waals surface area (Å²) in [5, 5.41) is 8.20. The van der Waals surface area contributed by atoms with Crippen LogP contribution in [-0.2, 0) is 0 Å². The van der Waals surface area contributed by atoms with Gasteiger partial charge in [-0.2, -0.15) is 5.10 Å². The number of nitrogens with zero attached hydrogens (tertiary/aromatic N) is 2. The van der Waals surface area contributed by atoms with Crippen molar-refractivity contribution in [2.24, 2.45) is 0 Å². The highest BCUT2D eigenvalue weighted by Crippen LogP contribution is 2.23. The molecule has 2 aromatic carbocycles. The molecule has 0 unspecified atom stereocenters. The van der Waals surface area contributed by atoms with Crippen LogP contribution in [0.4, 0.5) is 5.69 Å². The fraction of sp³-hybridized carbons (Fsp3) is 0.0588. The zero-order valence-corrected chi connectivity index (χ0v) is 13.8. The number of amides is 1. The van der Waals surface area contributed by atoms with Gasteiger partial charge < -0.3 is 4.90 Å². The molecular formula is C17H13Cl2N3O. The first-order valence-corrected chi connectivity index (χ1v) is 7.65. The molecule has 116 valence electrons. The number of halogens is 2. The number of aromatic nitrogens is 2. The lowest BCUT2D eigenvalue weighted by atomic mass is 10.1. The van der Waals surface area contributed by atoms with Gasteiger partial charge in [0, 0.05) is 28.3 Å². The standard InChI is InChI=1S/C17H13Cl2N3O/c1-22(14-4-2-3-13(19)9-14)17(23)16-10-15(20-21-16)11-5-7-12(18)8-6-11/h2-10H,1H3,(H,20,21). The Labute approximate surface area is 143 Å². The van der Waals surface area contributed by atoms with Gasteiger partial charge in [0.1, 0.15) is 5.69 Å². The minimum Gasteiger partial charge on any atom is -0.310 e. The Morgan fingerprint density at radius 1 is 1.04 bits per heavy atom. The predicted octanol–water partition coefficient (Wildman–Crippen LogP) is 4.66. The number of nitrogens with one attached hydrogen (secondary N) is 1. The highest BCUT2D eigenvalue weighted by atomic mass is 35.5. The van der Waals surface area contributed by atoms with Crippen LogP contribution in [0.3, 0.4) is 0 Å². The number of rotatable bonds is 3. The van der Waals surface area contributed by atoms with Gasteiger partial charge in [-0.25, -0.2) is 0 Å². The van der Waals surface area contributed by atoms with Crippen LogP contribution in [0.15, 0.2) is 54.6 Å². The SMILES string of the molecule is CN(C(=O)c1cc(-c2ccc(Cl)cc2)n[nH]1)c1cccc(Cl)c1. The lowest BCUT2D eigenvalue weighted by Crippen LogP contribution is -2.26. The van der Waals surface area contributed by atoms with E-state index in [9.17, 15) is 4.79 Å². The molecule has 0 fully saturated rings. The summed E-state index contributed by atoms with van der Waals surface area (Å²) in [5.41, 5.74) is 2.68. The second-order valence-electron chi connectivity index (χ2n) is 5.02. The van der Waals surface area contributed by atoms with Crippen molar-refractivity contribution < 1.29 is 4.79 Å². The van der Waals surface area contributed by atoms with E-state index in [2.05, 4.69) is 10.2 Å². The monoisotopic (exact) mass is 345 g/mol. The second-order valence-corrected chi connectivity index (χ2v) is 5.89. The van der Waals surface area contributed by atoms with Crippen LogP contribution < -0.4 is 4.90 Å². The van der Waals surface area contributed by atoms with Crippen molar-refractivity contribution in [3.63, 3.8) is 0 Å². The van der Waals surface area contributed by atoms with Gasteiger partial charge >= 0.3 is 0 Å². The molecule has 1 aromatic heterocycles. The van der Waals surface area contributed by atoms with E-state index in [1.807, 2.05) is 18.2 Å². The fourth-order valence-corrected chi connectivity index (χ4v) is 2.49. The maximum absolute atomic E-state index is 12.5. The van der Waals surface area contributed by atoms with Crippen molar-refractivity contribution in [2.45, 2.75) is 0 Å². The van der Waals surface area contributed by atoms with Gasteiger partial charge in [-0.15, -0.1) is 0 Å². The number of hydrogen-bond donors (Lipinski definition) is 1. The molecule has 0 bridgehead atoms. The molecule has 1 heterocycles. The van der Waals surface area contributed by atoms with E-state index in [-0.39, 0.29) is 5.91 Å². The molecule has 0 saturated carbocycles. The van der Waals surface area contributed by atoms with Crippen molar-refractivity contribution in [1.29, 1.82) is 0 Å². The maximum Gasteiger partial charge on any atom is 0.276 e. The molecule has 1 amide bonds. The first-order valence-electron chi connectivity index (χ1n) is 6.89. The van der Waals surface area contributed by atoms with Crippen molar-refractivity contribution in [3.8, 4) is 11.3 Å². The Balaban J connectivity index is 1.84.